The lowest BCUT2D eigenvalue weighted by molar-refractivity contribution is -0.114. The lowest BCUT2D eigenvalue weighted by Crippen LogP contribution is -2.38. The second-order valence-electron chi connectivity index (χ2n) is 12.4. The van der Waals surface area contributed by atoms with Gasteiger partial charge in [-0.1, -0.05) is 50.8 Å². The number of likely N-dealkylation sites (tertiary alicyclic amines) is 1. The summed E-state index contributed by atoms with van der Waals surface area (Å²) in [5.41, 5.74) is 4.84. The first-order chi connectivity index (χ1) is 22.7. The summed E-state index contributed by atoms with van der Waals surface area (Å²) in [6, 6.07) is 15.2. The minimum atomic E-state index is -1.05. The van der Waals surface area contributed by atoms with Gasteiger partial charge in [0.25, 0.3) is 5.91 Å². The van der Waals surface area contributed by atoms with Crippen molar-refractivity contribution in [3.63, 3.8) is 0 Å². The molecule has 2 aromatic carbocycles. The van der Waals surface area contributed by atoms with E-state index < -0.39 is 11.7 Å². The number of aromatic nitrogens is 5. The molecule has 4 heterocycles. The maximum absolute atomic E-state index is 13.3. The maximum Gasteiger partial charge on any atom is 0.283 e. The smallest absolute Gasteiger partial charge is 0.283 e. The number of pyridine rings is 1. The summed E-state index contributed by atoms with van der Waals surface area (Å²) in [4.78, 5) is 30.5. The lowest BCUT2D eigenvalue weighted by atomic mass is 9.97. The zero-order valence-electron chi connectivity index (χ0n) is 26.9. The largest absolute Gasteiger partial charge is 0.376 e. The molecule has 0 atom stereocenters. The Hall–Kier alpha value is -4.94. The van der Waals surface area contributed by atoms with Crippen molar-refractivity contribution in [2.75, 3.05) is 48.9 Å². The Kier molecular flexibility index (Phi) is 9.41. The number of anilines is 3. The third kappa shape index (κ3) is 6.93. The first-order valence-electron chi connectivity index (χ1n) is 15.9. The molecule has 11 nitrogen and oxygen atoms in total. The molecule has 1 saturated heterocycles. The molecule has 1 amide bonds. The Balaban J connectivity index is 1.31. The van der Waals surface area contributed by atoms with E-state index in [4.69, 9.17) is 15.0 Å². The molecule has 0 aliphatic carbocycles. The maximum atomic E-state index is 13.3. The topological polar surface area (TPSA) is 124 Å². The van der Waals surface area contributed by atoms with Crippen LogP contribution in [0.15, 0.2) is 73.3 Å². The summed E-state index contributed by atoms with van der Waals surface area (Å²) >= 11 is 0. The van der Waals surface area contributed by atoms with Gasteiger partial charge in [-0.25, -0.2) is 4.39 Å². The van der Waals surface area contributed by atoms with Crippen molar-refractivity contribution in [1.82, 2.24) is 29.5 Å². The Labute approximate surface area is 273 Å². The summed E-state index contributed by atoms with van der Waals surface area (Å²) in [5.74, 6) is -0.297. The summed E-state index contributed by atoms with van der Waals surface area (Å²) in [6.45, 7) is 10.3. The number of carbonyl (C=O) groups is 1. The average Bonchev–Trinajstić information content (AvgIpc) is 3.51. The van der Waals surface area contributed by atoms with Crippen LogP contribution in [-0.4, -0.2) is 73.9 Å². The number of amides is 1. The van der Waals surface area contributed by atoms with E-state index in [2.05, 4.69) is 48.1 Å². The number of rotatable bonds is 11. The van der Waals surface area contributed by atoms with Crippen LogP contribution >= 0.6 is 0 Å². The van der Waals surface area contributed by atoms with Crippen molar-refractivity contribution in [1.29, 1.82) is 0 Å². The highest BCUT2D eigenvalue weighted by atomic mass is 19.1. The quantitative estimate of drug-likeness (QED) is 0.126. The van der Waals surface area contributed by atoms with Crippen LogP contribution in [0.4, 0.5) is 22.0 Å². The number of carbonyl (C=O) groups excluding carboxylic acids is 1. The molecule has 0 spiro atoms. The standard InChI is InChI=1S/C35H40FN9O2/c1-22(2)30-19-39-45-32(30)41-35(44(21-46)20-24-12-15-43(4)16-13-24)42-34(45)38-18-26-7-5-6-8-28(26)31-29-10-9-27(40-33(47)23(3)36)17-25(29)11-14-37-31/h5-11,14,17,19,22,24,46H,3,12-13,15-16,18,20-21H2,1-2,4H3,(H,40,47)(H,38,41,42). The molecule has 0 radical (unpaired) electrons. The van der Waals surface area contributed by atoms with E-state index in [0.717, 1.165) is 59.1 Å². The Morgan fingerprint density at radius 2 is 1.94 bits per heavy atom. The highest BCUT2D eigenvalue weighted by Gasteiger charge is 2.23. The molecule has 6 rings (SSSR count). The van der Waals surface area contributed by atoms with Gasteiger partial charge >= 0.3 is 0 Å². The predicted octanol–water partition coefficient (Wildman–Crippen LogP) is 5.59. The minimum Gasteiger partial charge on any atom is -0.376 e. The third-order valence-corrected chi connectivity index (χ3v) is 8.75. The van der Waals surface area contributed by atoms with Crippen LogP contribution in [0.3, 0.4) is 0 Å². The van der Waals surface area contributed by atoms with E-state index in [0.29, 0.717) is 42.2 Å². The van der Waals surface area contributed by atoms with Crippen molar-refractivity contribution in [2.24, 2.45) is 5.92 Å². The summed E-state index contributed by atoms with van der Waals surface area (Å²) < 4.78 is 15.0. The van der Waals surface area contributed by atoms with Crippen molar-refractivity contribution in [3.8, 4) is 11.3 Å². The van der Waals surface area contributed by atoms with E-state index in [1.807, 2.05) is 47.5 Å². The zero-order valence-corrected chi connectivity index (χ0v) is 26.9. The summed E-state index contributed by atoms with van der Waals surface area (Å²) in [7, 11) is 2.14. The van der Waals surface area contributed by atoms with Gasteiger partial charge in [-0.15, -0.1) is 0 Å². The molecule has 1 aliphatic rings. The monoisotopic (exact) mass is 637 g/mol. The molecule has 3 aromatic heterocycles. The number of hydrogen-bond donors (Lipinski definition) is 3. The zero-order chi connectivity index (χ0) is 33.1. The van der Waals surface area contributed by atoms with Gasteiger partial charge in [-0.3, -0.25) is 9.78 Å². The number of benzene rings is 2. The number of nitrogens with one attached hydrogen (secondary N) is 2. The predicted molar refractivity (Wildman–Crippen MR) is 183 cm³/mol. The van der Waals surface area contributed by atoms with Gasteiger partial charge in [-0.05, 0) is 74.0 Å². The van der Waals surface area contributed by atoms with Gasteiger partial charge in [0.2, 0.25) is 11.9 Å². The molecule has 5 aromatic rings. The number of aliphatic hydroxyl groups is 1. The van der Waals surface area contributed by atoms with Crippen molar-refractivity contribution in [2.45, 2.75) is 39.2 Å². The second-order valence-corrected chi connectivity index (χ2v) is 12.4. The number of hydrogen-bond acceptors (Lipinski definition) is 9. The Bertz CT molecular complexity index is 1920. The third-order valence-electron chi connectivity index (χ3n) is 8.75. The van der Waals surface area contributed by atoms with Crippen molar-refractivity contribution < 1.29 is 14.3 Å². The minimum absolute atomic E-state index is 0.184. The normalized spacial score (nSPS) is 14.2. The molecular weight excluding hydrogens is 597 g/mol. The first-order valence-corrected chi connectivity index (χ1v) is 15.9. The number of fused-ring (bicyclic) bond motifs is 2. The molecular formula is C35H40FN9O2. The van der Waals surface area contributed by atoms with Crippen molar-refractivity contribution >= 4 is 39.9 Å². The molecule has 0 unspecified atom stereocenters. The molecule has 0 bridgehead atoms. The first kappa shape index (κ1) is 32.0. The van der Waals surface area contributed by atoms with Crippen LogP contribution < -0.4 is 15.5 Å². The fraction of sp³-hybridized carbons (Fsp3) is 0.343. The van der Waals surface area contributed by atoms with Gasteiger partial charge in [0.15, 0.2) is 11.5 Å². The van der Waals surface area contributed by atoms with Crippen LogP contribution in [0.5, 0.6) is 0 Å². The average molecular weight is 638 g/mol. The molecule has 1 fully saturated rings. The van der Waals surface area contributed by atoms with Gasteiger partial charge in [0.1, 0.15) is 6.73 Å². The molecule has 47 heavy (non-hydrogen) atoms. The van der Waals surface area contributed by atoms with Crippen molar-refractivity contribution in [3.05, 3.63) is 84.5 Å². The summed E-state index contributed by atoms with van der Waals surface area (Å²) in [5, 5.41) is 22.8. The van der Waals surface area contributed by atoms with Gasteiger partial charge in [-0.2, -0.15) is 19.6 Å². The molecule has 3 N–H and O–H groups in total. The fourth-order valence-corrected chi connectivity index (χ4v) is 6.05. The molecule has 1 aliphatic heterocycles. The Morgan fingerprint density at radius 1 is 1.15 bits per heavy atom. The van der Waals surface area contributed by atoms with E-state index in [1.54, 1.807) is 22.8 Å². The van der Waals surface area contributed by atoms with Gasteiger partial charge in [0.05, 0.1) is 11.9 Å². The van der Waals surface area contributed by atoms with Crippen LogP contribution in [0, 0.1) is 5.92 Å². The van der Waals surface area contributed by atoms with Crippen LogP contribution in [0.1, 0.15) is 43.7 Å². The Morgan fingerprint density at radius 3 is 2.68 bits per heavy atom. The summed E-state index contributed by atoms with van der Waals surface area (Å²) in [6.07, 6.45) is 5.67. The second kappa shape index (κ2) is 13.8. The highest BCUT2D eigenvalue weighted by molar-refractivity contribution is 6.04. The van der Waals surface area contributed by atoms with Crippen LogP contribution in [-0.2, 0) is 11.3 Å². The van der Waals surface area contributed by atoms with E-state index >= 15 is 0 Å². The fourth-order valence-electron chi connectivity index (χ4n) is 6.05. The van der Waals surface area contributed by atoms with E-state index in [1.165, 1.54) is 0 Å². The lowest BCUT2D eigenvalue weighted by Gasteiger charge is -2.32. The molecule has 0 saturated carbocycles. The number of aliphatic hydroxyl groups excluding tert-OH is 1. The van der Waals surface area contributed by atoms with E-state index in [-0.39, 0.29) is 12.6 Å². The van der Waals surface area contributed by atoms with Gasteiger partial charge in [0, 0.05) is 41.5 Å². The molecule has 244 valence electrons. The number of piperidine rings is 1. The number of halogens is 1. The highest BCUT2D eigenvalue weighted by Crippen LogP contribution is 2.32. The van der Waals surface area contributed by atoms with Gasteiger partial charge < -0.3 is 25.5 Å². The molecule has 12 heteroatoms. The van der Waals surface area contributed by atoms with E-state index in [9.17, 15) is 14.3 Å². The number of nitrogens with zero attached hydrogens (tertiary/aromatic N) is 7. The van der Waals surface area contributed by atoms with Crippen LogP contribution in [0.25, 0.3) is 27.7 Å². The SMILES string of the molecule is C=C(F)C(=O)Nc1ccc2c(-c3ccccc3CNc3nc(N(CO)CC4CCN(C)CC4)nc4c(C(C)C)cnn34)nccc2c1. The van der Waals surface area contributed by atoms with Crippen LogP contribution in [0.2, 0.25) is 0 Å².